The smallest absolute Gasteiger partial charge is 0.190 e. The first kappa shape index (κ1) is 20.5. The highest BCUT2D eigenvalue weighted by Gasteiger charge is 2.21. The molecular formula is C20H41N5. The molecule has 2 fully saturated rings. The molecule has 0 aromatic heterocycles. The minimum Gasteiger partial charge on any atom is -0.356 e. The highest BCUT2D eigenvalue weighted by Crippen LogP contribution is 2.17. The zero-order valence-corrected chi connectivity index (χ0v) is 17.1. The maximum Gasteiger partial charge on any atom is 0.190 e. The van der Waals surface area contributed by atoms with Crippen LogP contribution in [0.4, 0.5) is 0 Å². The van der Waals surface area contributed by atoms with Crippen LogP contribution in [0.3, 0.4) is 0 Å². The van der Waals surface area contributed by atoms with Crippen molar-refractivity contribution >= 4 is 5.96 Å². The van der Waals surface area contributed by atoms with Gasteiger partial charge in [-0.15, -0.1) is 0 Å². The summed E-state index contributed by atoms with van der Waals surface area (Å²) in [6.45, 7) is 15.3. The van der Waals surface area contributed by atoms with Crippen LogP contribution in [0.2, 0.25) is 0 Å². The van der Waals surface area contributed by atoms with Gasteiger partial charge in [0.2, 0.25) is 0 Å². The molecule has 25 heavy (non-hydrogen) atoms. The Hall–Kier alpha value is -0.810. The van der Waals surface area contributed by atoms with Crippen molar-refractivity contribution in [1.82, 2.24) is 20.4 Å². The lowest BCUT2D eigenvalue weighted by Crippen LogP contribution is -2.46. The molecule has 0 bridgehead atoms. The van der Waals surface area contributed by atoms with Gasteiger partial charge in [0.1, 0.15) is 0 Å². The average molecular weight is 352 g/mol. The molecule has 146 valence electrons. The highest BCUT2D eigenvalue weighted by atomic mass is 15.2. The summed E-state index contributed by atoms with van der Waals surface area (Å²) in [6.07, 6.45) is 6.59. The van der Waals surface area contributed by atoms with Crippen molar-refractivity contribution in [2.24, 2.45) is 16.8 Å². The van der Waals surface area contributed by atoms with E-state index in [0.717, 1.165) is 30.9 Å². The van der Waals surface area contributed by atoms with E-state index >= 15 is 0 Å². The molecule has 0 spiro atoms. The molecule has 0 aliphatic carbocycles. The summed E-state index contributed by atoms with van der Waals surface area (Å²) in [5.41, 5.74) is 0. The number of nitrogens with zero attached hydrogens (tertiary/aromatic N) is 3. The van der Waals surface area contributed by atoms with E-state index in [1.807, 2.05) is 7.05 Å². The van der Waals surface area contributed by atoms with Gasteiger partial charge in [-0.05, 0) is 84.0 Å². The zero-order chi connectivity index (χ0) is 18.1. The number of rotatable bonds is 7. The minimum absolute atomic E-state index is 0.665. The van der Waals surface area contributed by atoms with Crippen molar-refractivity contribution in [3.63, 3.8) is 0 Å². The molecule has 2 heterocycles. The maximum absolute atomic E-state index is 4.39. The topological polar surface area (TPSA) is 42.9 Å². The Balaban J connectivity index is 1.57. The van der Waals surface area contributed by atoms with E-state index in [1.54, 1.807) is 0 Å². The van der Waals surface area contributed by atoms with E-state index in [4.69, 9.17) is 0 Å². The largest absolute Gasteiger partial charge is 0.356 e. The second kappa shape index (κ2) is 11.0. The van der Waals surface area contributed by atoms with Gasteiger partial charge in [-0.3, -0.25) is 4.99 Å². The van der Waals surface area contributed by atoms with E-state index in [9.17, 15) is 0 Å². The number of likely N-dealkylation sites (tertiary alicyclic amines) is 2. The standard InChI is InChI=1S/C20H41N5/c1-17(2)25-12-5-7-19(16-25)15-23-20(21-4)22-10-6-11-24-13-8-18(3)9-14-24/h17-19H,5-16H2,1-4H3,(H2,21,22,23). The Bertz CT molecular complexity index is 388. The van der Waals surface area contributed by atoms with Crippen molar-refractivity contribution < 1.29 is 0 Å². The van der Waals surface area contributed by atoms with Gasteiger partial charge in [0, 0.05) is 32.7 Å². The summed E-state index contributed by atoms with van der Waals surface area (Å²) < 4.78 is 0. The number of hydrogen-bond acceptors (Lipinski definition) is 3. The van der Waals surface area contributed by atoms with Crippen LogP contribution in [0.15, 0.2) is 4.99 Å². The van der Waals surface area contributed by atoms with Gasteiger partial charge >= 0.3 is 0 Å². The molecule has 2 N–H and O–H groups in total. The van der Waals surface area contributed by atoms with Gasteiger partial charge in [0.05, 0.1) is 0 Å². The molecule has 2 aliphatic rings. The Morgan fingerprint density at radius 3 is 2.56 bits per heavy atom. The second-order valence-electron chi connectivity index (χ2n) is 8.35. The minimum atomic E-state index is 0.665. The normalized spacial score (nSPS) is 24.7. The zero-order valence-electron chi connectivity index (χ0n) is 17.1. The van der Waals surface area contributed by atoms with Gasteiger partial charge in [-0.1, -0.05) is 6.92 Å². The van der Waals surface area contributed by atoms with Gasteiger partial charge in [0.25, 0.3) is 0 Å². The lowest BCUT2D eigenvalue weighted by Gasteiger charge is -2.35. The summed E-state index contributed by atoms with van der Waals surface area (Å²) >= 11 is 0. The van der Waals surface area contributed by atoms with Gasteiger partial charge < -0.3 is 20.4 Å². The summed E-state index contributed by atoms with van der Waals surface area (Å²) in [5, 5.41) is 7.03. The molecule has 2 aliphatic heterocycles. The van der Waals surface area contributed by atoms with Crippen LogP contribution in [-0.2, 0) is 0 Å². The summed E-state index contributed by atoms with van der Waals surface area (Å²) in [7, 11) is 1.88. The van der Waals surface area contributed by atoms with E-state index in [2.05, 4.69) is 46.2 Å². The lowest BCUT2D eigenvalue weighted by atomic mass is 9.97. The van der Waals surface area contributed by atoms with Gasteiger partial charge in [0.15, 0.2) is 5.96 Å². The number of guanidine groups is 1. The maximum atomic E-state index is 4.39. The molecule has 0 amide bonds. The quantitative estimate of drug-likeness (QED) is 0.420. The molecule has 0 saturated carbocycles. The van der Waals surface area contributed by atoms with Crippen molar-refractivity contribution in [2.45, 2.75) is 58.9 Å². The molecule has 1 atom stereocenters. The Morgan fingerprint density at radius 1 is 1.12 bits per heavy atom. The van der Waals surface area contributed by atoms with E-state index in [1.165, 1.54) is 64.8 Å². The van der Waals surface area contributed by atoms with E-state index in [-0.39, 0.29) is 0 Å². The molecule has 0 aromatic carbocycles. The van der Waals surface area contributed by atoms with E-state index < -0.39 is 0 Å². The van der Waals surface area contributed by atoms with Crippen LogP contribution in [0, 0.1) is 11.8 Å². The fraction of sp³-hybridized carbons (Fsp3) is 0.950. The first-order valence-electron chi connectivity index (χ1n) is 10.5. The molecule has 1 unspecified atom stereocenters. The van der Waals surface area contributed by atoms with Crippen molar-refractivity contribution in [3.05, 3.63) is 0 Å². The fourth-order valence-electron chi connectivity index (χ4n) is 3.99. The molecular weight excluding hydrogens is 310 g/mol. The van der Waals surface area contributed by atoms with Crippen molar-refractivity contribution in [3.8, 4) is 0 Å². The third kappa shape index (κ3) is 7.53. The highest BCUT2D eigenvalue weighted by molar-refractivity contribution is 5.79. The molecule has 0 radical (unpaired) electrons. The Kier molecular flexibility index (Phi) is 9.04. The predicted octanol–water partition coefficient (Wildman–Crippen LogP) is 2.39. The summed E-state index contributed by atoms with van der Waals surface area (Å²) in [4.78, 5) is 9.60. The number of aliphatic imine (C=N–C) groups is 1. The molecule has 5 nitrogen and oxygen atoms in total. The SMILES string of the molecule is CN=C(NCCCN1CCC(C)CC1)NCC1CCCN(C(C)C)C1. The second-order valence-corrected chi connectivity index (χ2v) is 8.35. The predicted molar refractivity (Wildman–Crippen MR) is 108 cm³/mol. The van der Waals surface area contributed by atoms with Crippen LogP contribution >= 0.6 is 0 Å². The number of nitrogens with one attached hydrogen (secondary N) is 2. The monoisotopic (exact) mass is 351 g/mol. The van der Waals surface area contributed by atoms with Crippen LogP contribution in [-0.4, -0.2) is 74.7 Å². The molecule has 5 heteroatoms. The van der Waals surface area contributed by atoms with Gasteiger partial charge in [-0.2, -0.15) is 0 Å². The van der Waals surface area contributed by atoms with E-state index in [0.29, 0.717) is 6.04 Å². The summed E-state index contributed by atoms with van der Waals surface area (Å²) in [6, 6.07) is 0.665. The first-order chi connectivity index (χ1) is 12.1. The third-order valence-electron chi connectivity index (χ3n) is 5.88. The summed E-state index contributed by atoms with van der Waals surface area (Å²) in [5.74, 6) is 2.63. The third-order valence-corrected chi connectivity index (χ3v) is 5.88. The van der Waals surface area contributed by atoms with Crippen LogP contribution in [0.25, 0.3) is 0 Å². The molecule has 0 aromatic rings. The first-order valence-corrected chi connectivity index (χ1v) is 10.5. The fourth-order valence-corrected chi connectivity index (χ4v) is 3.99. The average Bonchev–Trinajstić information content (AvgIpc) is 2.63. The van der Waals surface area contributed by atoms with Crippen LogP contribution in [0.5, 0.6) is 0 Å². The van der Waals surface area contributed by atoms with Crippen molar-refractivity contribution in [2.75, 3.05) is 52.9 Å². The number of piperidine rings is 2. The Labute approximate surface area is 155 Å². The van der Waals surface area contributed by atoms with Crippen molar-refractivity contribution in [1.29, 1.82) is 0 Å². The van der Waals surface area contributed by atoms with Gasteiger partial charge in [-0.25, -0.2) is 0 Å². The van der Waals surface area contributed by atoms with Crippen LogP contribution < -0.4 is 10.6 Å². The molecule has 2 saturated heterocycles. The van der Waals surface area contributed by atoms with Crippen LogP contribution in [0.1, 0.15) is 52.9 Å². The molecule has 2 rings (SSSR count). The lowest BCUT2D eigenvalue weighted by molar-refractivity contribution is 0.141. The Morgan fingerprint density at radius 2 is 1.88 bits per heavy atom. The number of hydrogen-bond donors (Lipinski definition) is 2.